The van der Waals surface area contributed by atoms with Gasteiger partial charge >= 0.3 is 34.1 Å². The number of rotatable bonds is 24. The molecule has 24 nitrogen and oxygen atoms in total. The van der Waals surface area contributed by atoms with Crippen molar-refractivity contribution in [2.45, 2.75) is 160 Å². The van der Waals surface area contributed by atoms with E-state index in [4.69, 9.17) is 64.7 Å². The fourth-order valence-corrected chi connectivity index (χ4v) is 18.5. The number of fused-ring (bicyclic) bond motifs is 24. The fourth-order valence-electron chi connectivity index (χ4n) is 17.5. The van der Waals surface area contributed by atoms with E-state index in [1.807, 2.05) is 138 Å². The molecule has 2 radical (unpaired) electrons. The summed E-state index contributed by atoms with van der Waals surface area (Å²) in [5.41, 5.74) is 36.3. The number of nitrogens with one attached hydrogen (secondary N) is 6. The van der Waals surface area contributed by atoms with Gasteiger partial charge in [0.05, 0.1) is 99.9 Å². The van der Waals surface area contributed by atoms with E-state index < -0.39 is 35.8 Å². The molecular formula is C102H93Cl3Fe2N12O12. The van der Waals surface area contributed by atoms with Gasteiger partial charge in [-0.3, -0.25) is 0 Å². The van der Waals surface area contributed by atoms with Gasteiger partial charge in [0.1, 0.15) is 0 Å². The number of aromatic amines is 6. The van der Waals surface area contributed by atoms with Crippen LogP contribution in [0.1, 0.15) is 234 Å². The maximum absolute atomic E-state index is 11.4. The van der Waals surface area contributed by atoms with Crippen molar-refractivity contribution in [1.82, 2.24) is 59.8 Å². The zero-order valence-corrected chi connectivity index (χ0v) is 78.8. The quantitative estimate of drug-likeness (QED) is 0.0306. The molecule has 0 fully saturated rings. The Morgan fingerprint density at radius 1 is 0.275 bits per heavy atom. The van der Waals surface area contributed by atoms with Gasteiger partial charge in [-0.25, -0.2) is 29.9 Å². The van der Waals surface area contributed by atoms with E-state index in [9.17, 15) is 59.4 Å². The minimum atomic E-state index is -1.15. The molecule has 131 heavy (non-hydrogen) atoms. The summed E-state index contributed by atoms with van der Waals surface area (Å²) < 4.78 is 0. The summed E-state index contributed by atoms with van der Waals surface area (Å²) >= 11 is 21.2. The van der Waals surface area contributed by atoms with Crippen LogP contribution in [-0.4, -0.2) is 95.6 Å². The van der Waals surface area contributed by atoms with Crippen LogP contribution in [0.2, 0.25) is 15.1 Å². The Labute approximate surface area is 792 Å². The van der Waals surface area contributed by atoms with E-state index in [-0.39, 0.29) is 111 Å². The molecule has 0 unspecified atom stereocenters. The number of carboxylic acids is 6. The van der Waals surface area contributed by atoms with Crippen molar-refractivity contribution in [3.05, 3.63) is 262 Å². The largest absolute Gasteiger partial charge is 3.00 e. The molecule has 9 aromatic heterocycles. The molecule has 0 atom stereocenters. The summed E-state index contributed by atoms with van der Waals surface area (Å²) in [7, 11) is 0. The van der Waals surface area contributed by atoms with E-state index >= 15 is 0 Å². The first-order valence-corrected chi connectivity index (χ1v) is 43.0. The number of hydrogen-bond acceptors (Lipinski definition) is 18. The predicted molar refractivity (Wildman–Crippen MR) is 505 cm³/mol. The molecule has 0 amide bonds. The van der Waals surface area contributed by atoms with Crippen LogP contribution >= 0.6 is 34.8 Å². The van der Waals surface area contributed by atoms with Crippen molar-refractivity contribution in [3.63, 3.8) is 0 Å². The number of nitrogens with zero attached hydrogens (tertiary/aromatic N) is 6. The van der Waals surface area contributed by atoms with Crippen LogP contribution < -0.4 is 30.6 Å². The number of carbonyl (C=O) groups is 6. The molecule has 15 heterocycles. The molecule has 9 aromatic rings. The molecule has 24 bridgehead atoms. The number of allylic oxidation sites excluding steroid dienone is 15. The molecule has 0 saturated heterocycles. The van der Waals surface area contributed by atoms with Crippen LogP contribution in [0.15, 0.2) is 112 Å². The molecule has 6 N–H and O–H groups in total. The van der Waals surface area contributed by atoms with E-state index in [0.29, 0.717) is 116 Å². The summed E-state index contributed by atoms with van der Waals surface area (Å²) in [4.78, 5) is 119. The third kappa shape index (κ3) is 19.6. The van der Waals surface area contributed by atoms with E-state index in [1.165, 1.54) is 0 Å². The summed E-state index contributed by atoms with van der Waals surface area (Å²) in [6.07, 6.45) is 10.9. The Hall–Kier alpha value is -13.0. The number of aryl methyl sites for hydroxylation is 9. The second kappa shape index (κ2) is 40.5. The number of H-pyrrole nitrogens is 6. The monoisotopic (exact) mass is 1890 g/mol. The fraction of sp³-hybridized carbons (Fsp3) is 0.235. The number of aromatic nitrogens is 12. The average molecular weight is 1900 g/mol. The number of carbonyl (C=O) groups excluding carboxylic acids is 6. The van der Waals surface area contributed by atoms with Gasteiger partial charge in [0, 0.05) is 119 Å². The van der Waals surface area contributed by atoms with Gasteiger partial charge in [0.2, 0.25) is 0 Å². The first-order chi connectivity index (χ1) is 61.3. The van der Waals surface area contributed by atoms with Crippen molar-refractivity contribution in [2.75, 3.05) is 0 Å². The Bertz CT molecular complexity index is 6610. The minimum Gasteiger partial charge on any atom is -0.550 e. The van der Waals surface area contributed by atoms with Gasteiger partial charge < -0.3 is 89.3 Å². The molecule has 15 rings (SSSR count). The standard InChI is InChI=1S/3C34H33ClN4O4.2Fe/c3*1-7-20-19(6)33-32(35)34-21(8-2)16(3)26(38-34)13-24-17(4)22(9-11-30(40)41)28(36-24)15-29-23(10-12-31(42)43)18(5)25(37-29)14-27(20)39-33;;/h3*7-8,13-15,37-38H,1-2,9-12H2,3-6H3,(H,40,41)(H,42,43);;/q;;;2*+3/p-6. The van der Waals surface area contributed by atoms with Gasteiger partial charge in [0.25, 0.3) is 0 Å². The van der Waals surface area contributed by atoms with Crippen LogP contribution in [0.3, 0.4) is 0 Å². The second-order valence-corrected chi connectivity index (χ2v) is 33.5. The first-order valence-electron chi connectivity index (χ1n) is 41.8. The Morgan fingerprint density at radius 2 is 0.481 bits per heavy atom. The molecule has 0 aliphatic carbocycles. The maximum atomic E-state index is 11.4. The molecular weight excluding hydrogens is 1800 g/mol. The maximum Gasteiger partial charge on any atom is 3.00 e. The number of hydrogen-bond donors (Lipinski definition) is 6. The summed E-state index contributed by atoms with van der Waals surface area (Å²) in [5.74, 6) is -6.92. The van der Waals surface area contributed by atoms with Crippen molar-refractivity contribution in [1.29, 1.82) is 0 Å². The smallest absolute Gasteiger partial charge is 0.550 e. The van der Waals surface area contributed by atoms with Crippen molar-refractivity contribution in [3.8, 4) is 0 Å². The zero-order chi connectivity index (χ0) is 93.5. The van der Waals surface area contributed by atoms with Crippen molar-refractivity contribution >= 4 is 222 Å². The minimum absolute atomic E-state index is 0. The van der Waals surface area contributed by atoms with Crippen LogP contribution in [0.4, 0.5) is 0 Å². The molecule has 29 heteroatoms. The topological polar surface area (TPSA) is 413 Å². The van der Waals surface area contributed by atoms with Crippen LogP contribution in [0.5, 0.6) is 0 Å². The predicted octanol–water partition coefficient (Wildman–Crippen LogP) is 16.5. The Balaban J connectivity index is 0.000000188. The molecule has 0 saturated carbocycles. The Kier molecular flexibility index (Phi) is 30.5. The summed E-state index contributed by atoms with van der Waals surface area (Å²) in [5, 5.41) is 69.9. The van der Waals surface area contributed by atoms with Crippen molar-refractivity contribution in [2.24, 2.45) is 0 Å². The van der Waals surface area contributed by atoms with Gasteiger partial charge in [-0.2, -0.15) is 0 Å². The van der Waals surface area contributed by atoms with Gasteiger partial charge in [0.15, 0.2) is 0 Å². The summed E-state index contributed by atoms with van der Waals surface area (Å²) in [6.45, 7) is 47.3. The number of halogens is 3. The summed E-state index contributed by atoms with van der Waals surface area (Å²) in [6, 6.07) is 17.0. The molecule has 0 aromatic carbocycles. The number of carboxylic acid groups (broad SMARTS) is 6. The molecule has 0 spiro atoms. The van der Waals surface area contributed by atoms with E-state index in [0.717, 1.165) is 167 Å². The molecule has 670 valence electrons. The second-order valence-electron chi connectivity index (χ2n) is 32.3. The van der Waals surface area contributed by atoms with Gasteiger partial charge in [-0.15, -0.1) is 0 Å². The number of aliphatic carboxylic acids is 6. The van der Waals surface area contributed by atoms with E-state index in [2.05, 4.69) is 69.4 Å². The van der Waals surface area contributed by atoms with Gasteiger partial charge in [-0.05, 0) is 315 Å². The molecule has 6 aliphatic heterocycles. The average Bonchev–Trinajstić information content (AvgIpc) is 1.61. The zero-order valence-electron chi connectivity index (χ0n) is 74.3. The molecule has 6 aliphatic rings. The third-order valence-corrected chi connectivity index (χ3v) is 25.9. The van der Waals surface area contributed by atoms with Crippen LogP contribution in [-0.2, 0) is 82.2 Å². The third-order valence-electron chi connectivity index (χ3n) is 24.8. The SMILES string of the molecule is C=CC1=C(C)c2nc1cc1[nH]c(cc3nc(cc4[nH]c(c2Cl)c(C=C)c4C)C(C)=C3CCC(=O)[O-])c(CCC(=O)[O-])c1C.C=CC1=C(C)c2nc1cc1[nH]c(cc3nc(cc4[nH]c(c2Cl)c(C=C)c4C)C(C)=C3CCC(=O)[O-])c(CCC(=O)[O-])c1C.C=CC1=C(C)c2nc1cc1[nH]c(cc3nc(cc4[nH]c(c2Cl)c(C=C)c4C)C(C)=C3CCC(=O)[O-])c(CCC(=O)[O-])c1C.[Fe+3].[Fe+3]. The van der Waals surface area contributed by atoms with Crippen LogP contribution in [0.25, 0.3) is 151 Å². The van der Waals surface area contributed by atoms with Gasteiger partial charge in [-0.1, -0.05) is 111 Å². The Morgan fingerprint density at radius 3 is 0.695 bits per heavy atom. The van der Waals surface area contributed by atoms with E-state index in [1.54, 1.807) is 36.5 Å². The normalized spacial score (nSPS) is 12.8. The first kappa shape index (κ1) is 98.6. The van der Waals surface area contributed by atoms with Crippen molar-refractivity contribution < 1.29 is 93.5 Å². The van der Waals surface area contributed by atoms with Crippen LogP contribution in [0, 0.1) is 41.5 Å².